The van der Waals surface area contributed by atoms with Crippen LogP contribution in [0.4, 0.5) is 8.78 Å². The lowest BCUT2D eigenvalue weighted by atomic mass is 10.1. The molecule has 1 rings (SSSR count). The van der Waals surface area contributed by atoms with E-state index in [2.05, 4.69) is 33.2 Å². The number of methoxy groups -OCH3 is 2. The molecule has 0 unspecified atom stereocenters. The molecule has 0 fully saturated rings. The van der Waals surface area contributed by atoms with Gasteiger partial charge in [0, 0.05) is 14.2 Å². The van der Waals surface area contributed by atoms with Crippen molar-refractivity contribution >= 4 is 27.7 Å². The quantitative estimate of drug-likeness (QED) is 0.134. The SMILES string of the molecule is COCOOC[C@H](O)[C@@H](OOCOC)C(F)(F)C(=O)OS(=O)(=O)c1ccccc1Cl. The summed E-state index contributed by atoms with van der Waals surface area (Å²) in [6.45, 7) is -2.00. The Morgan fingerprint density at radius 1 is 1.13 bits per heavy atom. The molecule has 1 aromatic carbocycles. The minimum Gasteiger partial charge on any atom is -0.387 e. The monoisotopic (exact) mass is 480 g/mol. The van der Waals surface area contributed by atoms with Crippen LogP contribution in [-0.4, -0.2) is 72.0 Å². The van der Waals surface area contributed by atoms with Crippen molar-refractivity contribution in [3.05, 3.63) is 29.3 Å². The van der Waals surface area contributed by atoms with Crippen LogP contribution in [0.3, 0.4) is 0 Å². The van der Waals surface area contributed by atoms with Crippen LogP contribution in [0.1, 0.15) is 0 Å². The minimum absolute atomic E-state index is 0.367. The molecular formula is C15H19ClF2O11S. The third-order valence-electron chi connectivity index (χ3n) is 3.10. The average Bonchev–Trinajstić information content (AvgIpc) is 2.68. The first-order valence-electron chi connectivity index (χ1n) is 7.87. The molecule has 0 bridgehead atoms. The van der Waals surface area contributed by atoms with Crippen molar-refractivity contribution in [2.75, 3.05) is 34.4 Å². The molecule has 172 valence electrons. The number of hydrogen-bond acceptors (Lipinski definition) is 11. The van der Waals surface area contributed by atoms with Gasteiger partial charge in [0.2, 0.25) is 0 Å². The number of ether oxygens (including phenoxy) is 2. The van der Waals surface area contributed by atoms with Gasteiger partial charge in [0.25, 0.3) is 0 Å². The van der Waals surface area contributed by atoms with Gasteiger partial charge in [-0.05, 0) is 12.1 Å². The Morgan fingerprint density at radius 2 is 1.73 bits per heavy atom. The molecule has 1 aromatic rings. The second kappa shape index (κ2) is 12.4. The van der Waals surface area contributed by atoms with Crippen LogP contribution in [0.2, 0.25) is 5.02 Å². The summed E-state index contributed by atoms with van der Waals surface area (Å²) in [4.78, 5) is 28.7. The Labute approximate surface area is 175 Å². The predicted molar refractivity (Wildman–Crippen MR) is 92.4 cm³/mol. The van der Waals surface area contributed by atoms with Crippen LogP contribution in [-0.2, 0) is 48.1 Å². The highest BCUT2D eigenvalue weighted by Gasteiger charge is 2.56. The van der Waals surface area contributed by atoms with Gasteiger partial charge in [-0.2, -0.15) is 17.2 Å². The number of benzene rings is 1. The van der Waals surface area contributed by atoms with Gasteiger partial charge in [-0.25, -0.2) is 24.3 Å². The maximum absolute atomic E-state index is 14.6. The molecule has 0 aliphatic rings. The lowest BCUT2D eigenvalue weighted by molar-refractivity contribution is -0.404. The van der Waals surface area contributed by atoms with E-state index in [1.807, 2.05) is 0 Å². The number of halogens is 3. The van der Waals surface area contributed by atoms with Crippen molar-refractivity contribution in [3.63, 3.8) is 0 Å². The number of alkyl halides is 2. The van der Waals surface area contributed by atoms with Crippen LogP contribution >= 0.6 is 11.6 Å². The standard InChI is InChI=1S/C15H19ClF2O11S/c1-23-8-26-25-7-11(19)13(28-27-9-24-2)15(17,18)14(20)29-30(21,22)12-6-4-3-5-10(12)16/h3-6,11,13,19H,7-9H2,1-2H3/t11-,13+/m0/s1. The fraction of sp³-hybridized carbons (Fsp3) is 0.533. The van der Waals surface area contributed by atoms with Crippen molar-refractivity contribution < 1.29 is 60.3 Å². The molecule has 0 aromatic heterocycles. The summed E-state index contributed by atoms with van der Waals surface area (Å²) >= 11 is 5.69. The van der Waals surface area contributed by atoms with Crippen LogP contribution in [0.5, 0.6) is 0 Å². The van der Waals surface area contributed by atoms with Crippen LogP contribution in [0, 0.1) is 0 Å². The number of carbonyl (C=O) groups excluding carboxylic acids is 1. The lowest BCUT2D eigenvalue weighted by Crippen LogP contribution is -2.52. The fourth-order valence-electron chi connectivity index (χ4n) is 1.77. The Morgan fingerprint density at radius 3 is 2.33 bits per heavy atom. The van der Waals surface area contributed by atoms with Gasteiger partial charge >= 0.3 is 22.0 Å². The van der Waals surface area contributed by atoms with E-state index in [0.29, 0.717) is 0 Å². The summed E-state index contributed by atoms with van der Waals surface area (Å²) in [5.41, 5.74) is 0. The maximum Gasteiger partial charge on any atom is 0.395 e. The number of aliphatic hydroxyl groups excluding tert-OH is 1. The van der Waals surface area contributed by atoms with Gasteiger partial charge in [0.05, 0.1) is 5.02 Å². The van der Waals surface area contributed by atoms with E-state index in [4.69, 9.17) is 11.6 Å². The van der Waals surface area contributed by atoms with Gasteiger partial charge in [-0.15, -0.1) is 0 Å². The van der Waals surface area contributed by atoms with Crippen molar-refractivity contribution in [1.29, 1.82) is 0 Å². The molecule has 1 N–H and O–H groups in total. The topological polar surface area (TPSA) is 136 Å². The van der Waals surface area contributed by atoms with Crippen molar-refractivity contribution in [3.8, 4) is 0 Å². The molecule has 2 atom stereocenters. The first kappa shape index (κ1) is 26.5. The van der Waals surface area contributed by atoms with Crippen molar-refractivity contribution in [1.82, 2.24) is 0 Å². The van der Waals surface area contributed by atoms with E-state index >= 15 is 0 Å². The summed E-state index contributed by atoms with van der Waals surface area (Å²) in [6, 6.07) is 4.69. The van der Waals surface area contributed by atoms with E-state index in [1.54, 1.807) is 0 Å². The number of carbonyl (C=O) groups is 1. The molecular weight excluding hydrogens is 462 g/mol. The van der Waals surface area contributed by atoms with Crippen molar-refractivity contribution in [2.24, 2.45) is 0 Å². The molecule has 0 saturated carbocycles. The summed E-state index contributed by atoms with van der Waals surface area (Å²) in [5.74, 6) is -7.29. The molecule has 0 aliphatic carbocycles. The summed E-state index contributed by atoms with van der Waals surface area (Å²) in [5, 5.41) is 9.53. The number of hydrogen-bond donors (Lipinski definition) is 1. The van der Waals surface area contributed by atoms with E-state index in [1.165, 1.54) is 19.2 Å². The Bertz CT molecular complexity index is 778. The zero-order valence-electron chi connectivity index (χ0n) is 15.7. The average molecular weight is 481 g/mol. The normalized spacial score (nSPS) is 14.3. The first-order valence-corrected chi connectivity index (χ1v) is 9.66. The third kappa shape index (κ3) is 7.64. The third-order valence-corrected chi connectivity index (χ3v) is 4.80. The Kier molecular flexibility index (Phi) is 11.0. The molecule has 0 spiro atoms. The van der Waals surface area contributed by atoms with Gasteiger partial charge in [-0.1, -0.05) is 23.7 Å². The molecule has 0 radical (unpaired) electrons. The van der Waals surface area contributed by atoms with Gasteiger partial charge in [0.15, 0.2) is 19.7 Å². The highest BCUT2D eigenvalue weighted by Crippen LogP contribution is 2.30. The van der Waals surface area contributed by atoms with Crippen LogP contribution < -0.4 is 0 Å². The Hall–Kier alpha value is -1.49. The predicted octanol–water partition coefficient (Wildman–Crippen LogP) is 1.04. The smallest absolute Gasteiger partial charge is 0.387 e. The zero-order valence-corrected chi connectivity index (χ0v) is 17.2. The largest absolute Gasteiger partial charge is 0.395 e. The Balaban J connectivity index is 2.99. The minimum atomic E-state index is -5.02. The molecule has 11 nitrogen and oxygen atoms in total. The molecule has 0 aliphatic heterocycles. The van der Waals surface area contributed by atoms with Crippen LogP contribution in [0.25, 0.3) is 0 Å². The van der Waals surface area contributed by atoms with Gasteiger partial charge in [0.1, 0.15) is 17.6 Å². The highest BCUT2D eigenvalue weighted by molar-refractivity contribution is 7.87. The lowest BCUT2D eigenvalue weighted by Gasteiger charge is -2.27. The number of rotatable bonds is 14. The second-order valence-electron chi connectivity index (χ2n) is 5.30. The molecule has 0 amide bonds. The molecule has 0 saturated heterocycles. The van der Waals surface area contributed by atoms with Gasteiger partial charge in [-0.3, -0.25) is 0 Å². The zero-order chi connectivity index (χ0) is 22.8. The summed E-state index contributed by atoms with van der Waals surface area (Å²) in [7, 11) is -2.64. The summed E-state index contributed by atoms with van der Waals surface area (Å²) in [6.07, 6.45) is -5.02. The molecule has 15 heteroatoms. The summed E-state index contributed by atoms with van der Waals surface area (Å²) < 4.78 is 66.3. The van der Waals surface area contributed by atoms with Gasteiger partial charge < -0.3 is 18.8 Å². The maximum atomic E-state index is 14.6. The van der Waals surface area contributed by atoms with Crippen LogP contribution in [0.15, 0.2) is 29.2 Å². The number of aliphatic hydroxyl groups is 1. The molecule has 0 heterocycles. The fourth-order valence-corrected chi connectivity index (χ4v) is 3.14. The van der Waals surface area contributed by atoms with E-state index in [-0.39, 0.29) is 5.02 Å². The second-order valence-corrected chi connectivity index (χ2v) is 7.22. The van der Waals surface area contributed by atoms with E-state index < -0.39 is 59.3 Å². The first-order chi connectivity index (χ1) is 14.1. The van der Waals surface area contributed by atoms with E-state index in [9.17, 15) is 27.1 Å². The highest BCUT2D eigenvalue weighted by atomic mass is 35.5. The van der Waals surface area contributed by atoms with Crippen molar-refractivity contribution in [2.45, 2.75) is 23.0 Å². The molecule has 30 heavy (non-hydrogen) atoms. The van der Waals surface area contributed by atoms with E-state index in [0.717, 1.165) is 19.2 Å².